The summed E-state index contributed by atoms with van der Waals surface area (Å²) in [6, 6.07) is 13.5. The minimum Gasteiger partial charge on any atom is -0.294 e. The molecule has 0 bridgehead atoms. The molecule has 2 aromatic carbocycles. The summed E-state index contributed by atoms with van der Waals surface area (Å²) in [6.07, 6.45) is 0.405. The Hall–Kier alpha value is -1.16. The third-order valence-corrected chi connectivity index (χ3v) is 5.40. The maximum atomic E-state index is 12.3. The van der Waals surface area contributed by atoms with E-state index < -0.39 is 0 Å². The molecule has 0 spiro atoms. The van der Waals surface area contributed by atoms with Crippen molar-refractivity contribution < 1.29 is 4.79 Å². The molecule has 0 unspecified atom stereocenters. The predicted octanol–water partition coefficient (Wildman–Crippen LogP) is 5.74. The van der Waals surface area contributed by atoms with Gasteiger partial charge >= 0.3 is 0 Å². The van der Waals surface area contributed by atoms with Gasteiger partial charge in [0.2, 0.25) is 0 Å². The molecule has 3 aromatic rings. The fourth-order valence-corrected chi connectivity index (χ4v) is 3.50. The summed E-state index contributed by atoms with van der Waals surface area (Å²) in [4.78, 5) is 12.3. The summed E-state index contributed by atoms with van der Waals surface area (Å²) < 4.78 is 2.01. The molecule has 1 nitrogen and oxygen atoms in total. The van der Waals surface area contributed by atoms with Crippen molar-refractivity contribution in [3.05, 3.63) is 68.5 Å². The smallest absolute Gasteiger partial charge is 0.167 e. The molecule has 0 saturated carbocycles. The van der Waals surface area contributed by atoms with E-state index in [4.69, 9.17) is 11.6 Å². The summed E-state index contributed by atoms with van der Waals surface area (Å²) >= 11 is 11.0. The monoisotopic (exact) mass is 364 g/mol. The van der Waals surface area contributed by atoms with Gasteiger partial charge in [0.15, 0.2) is 5.78 Å². The lowest BCUT2D eigenvalue weighted by atomic mass is 10.0. The number of carbonyl (C=O) groups is 1. The molecule has 0 aliphatic carbocycles. The molecule has 3 rings (SSSR count). The van der Waals surface area contributed by atoms with Crippen molar-refractivity contribution in [2.45, 2.75) is 6.42 Å². The molecule has 0 N–H and O–H groups in total. The van der Waals surface area contributed by atoms with Crippen LogP contribution in [0.4, 0.5) is 0 Å². The molecule has 0 amide bonds. The van der Waals surface area contributed by atoms with E-state index in [2.05, 4.69) is 33.4 Å². The van der Waals surface area contributed by atoms with Gasteiger partial charge in [0, 0.05) is 21.2 Å². The number of benzene rings is 2. The first-order valence-corrected chi connectivity index (χ1v) is 8.13. The highest BCUT2D eigenvalue weighted by Gasteiger charge is 2.12. The van der Waals surface area contributed by atoms with Crippen molar-refractivity contribution in [3.63, 3.8) is 0 Å². The number of Topliss-reactive ketones (excluding diaryl/α,β-unsaturated/α-hetero) is 1. The Labute approximate surface area is 134 Å². The largest absolute Gasteiger partial charge is 0.294 e. The number of hydrogen-bond donors (Lipinski definition) is 0. The molecule has 20 heavy (non-hydrogen) atoms. The van der Waals surface area contributed by atoms with Crippen LogP contribution in [0.5, 0.6) is 0 Å². The second-order valence-corrected chi connectivity index (χ2v) is 6.66. The maximum absolute atomic E-state index is 12.3. The fourth-order valence-electron chi connectivity index (χ4n) is 2.11. The highest BCUT2D eigenvalue weighted by atomic mass is 79.9. The maximum Gasteiger partial charge on any atom is 0.167 e. The lowest BCUT2D eigenvalue weighted by Gasteiger charge is -2.03. The highest BCUT2D eigenvalue weighted by molar-refractivity contribution is 9.10. The minimum absolute atomic E-state index is 0.0861. The van der Waals surface area contributed by atoms with E-state index in [0.717, 1.165) is 15.4 Å². The lowest BCUT2D eigenvalue weighted by Crippen LogP contribution is -2.03. The molecule has 0 fully saturated rings. The third kappa shape index (κ3) is 2.66. The van der Waals surface area contributed by atoms with Crippen molar-refractivity contribution in [1.82, 2.24) is 0 Å². The summed E-state index contributed by atoms with van der Waals surface area (Å²) in [5.74, 6) is 0.0861. The van der Waals surface area contributed by atoms with E-state index in [-0.39, 0.29) is 5.78 Å². The molecule has 0 atom stereocenters. The summed E-state index contributed by atoms with van der Waals surface area (Å²) in [5.41, 5.74) is 1.73. The van der Waals surface area contributed by atoms with Gasteiger partial charge in [-0.1, -0.05) is 35.9 Å². The number of hydrogen-bond acceptors (Lipinski definition) is 2. The molecule has 0 aliphatic heterocycles. The van der Waals surface area contributed by atoms with Gasteiger partial charge < -0.3 is 0 Å². The second kappa shape index (κ2) is 5.68. The normalized spacial score (nSPS) is 10.9. The SMILES string of the molecule is O=C(Cc1csc2ccccc12)c1ccc(Br)c(Cl)c1. The summed E-state index contributed by atoms with van der Waals surface area (Å²) in [7, 11) is 0. The zero-order chi connectivity index (χ0) is 14.1. The number of halogens is 2. The van der Waals surface area contributed by atoms with Crippen LogP contribution < -0.4 is 0 Å². The Kier molecular flexibility index (Phi) is 3.92. The number of carbonyl (C=O) groups excluding carboxylic acids is 1. The van der Waals surface area contributed by atoms with Crippen LogP contribution in [0.1, 0.15) is 15.9 Å². The van der Waals surface area contributed by atoms with Gasteiger partial charge in [-0.3, -0.25) is 4.79 Å². The van der Waals surface area contributed by atoms with Crippen LogP contribution in [0.2, 0.25) is 5.02 Å². The Morgan fingerprint density at radius 2 is 2.00 bits per heavy atom. The average Bonchev–Trinajstić information content (AvgIpc) is 2.85. The van der Waals surface area contributed by atoms with Crippen LogP contribution in [0.25, 0.3) is 10.1 Å². The average molecular weight is 366 g/mol. The van der Waals surface area contributed by atoms with Crippen LogP contribution in [0, 0.1) is 0 Å². The van der Waals surface area contributed by atoms with Crippen molar-refractivity contribution in [2.75, 3.05) is 0 Å². The fraction of sp³-hybridized carbons (Fsp3) is 0.0625. The van der Waals surface area contributed by atoms with E-state index in [9.17, 15) is 4.79 Å². The summed E-state index contributed by atoms with van der Waals surface area (Å²) in [6.45, 7) is 0. The third-order valence-electron chi connectivity index (χ3n) is 3.15. The van der Waals surface area contributed by atoms with Gasteiger partial charge in [0.25, 0.3) is 0 Å². The van der Waals surface area contributed by atoms with Gasteiger partial charge in [-0.25, -0.2) is 0 Å². The Morgan fingerprint density at radius 1 is 1.20 bits per heavy atom. The second-order valence-electron chi connectivity index (χ2n) is 4.49. The van der Waals surface area contributed by atoms with E-state index >= 15 is 0 Å². The molecule has 0 saturated heterocycles. The topological polar surface area (TPSA) is 17.1 Å². The quantitative estimate of drug-likeness (QED) is 0.541. The van der Waals surface area contributed by atoms with Gasteiger partial charge in [0.1, 0.15) is 0 Å². The van der Waals surface area contributed by atoms with Crippen LogP contribution in [-0.2, 0) is 6.42 Å². The van der Waals surface area contributed by atoms with Crippen LogP contribution in [0.3, 0.4) is 0 Å². The molecular weight excluding hydrogens is 356 g/mol. The standard InChI is InChI=1S/C16H10BrClOS/c17-13-6-5-10(7-14(13)18)15(19)8-11-9-20-16-4-2-1-3-12(11)16/h1-7,9H,8H2. The molecule has 1 heterocycles. The first-order chi connectivity index (χ1) is 9.65. The minimum atomic E-state index is 0.0861. The van der Waals surface area contributed by atoms with Gasteiger partial charge in [-0.2, -0.15) is 0 Å². The Bertz CT molecular complexity index is 794. The Balaban J connectivity index is 1.90. The molecule has 0 aliphatic rings. The van der Waals surface area contributed by atoms with Gasteiger partial charge in [0.05, 0.1) is 5.02 Å². The molecule has 4 heteroatoms. The Morgan fingerprint density at radius 3 is 2.80 bits per heavy atom. The number of thiophene rings is 1. The molecule has 100 valence electrons. The van der Waals surface area contributed by atoms with E-state index in [1.54, 1.807) is 29.5 Å². The number of rotatable bonds is 3. The van der Waals surface area contributed by atoms with E-state index in [1.165, 1.54) is 4.70 Å². The zero-order valence-corrected chi connectivity index (χ0v) is 13.6. The zero-order valence-electron chi connectivity index (χ0n) is 10.4. The summed E-state index contributed by atoms with van der Waals surface area (Å²) in [5, 5.41) is 3.78. The first-order valence-electron chi connectivity index (χ1n) is 6.08. The predicted molar refractivity (Wildman–Crippen MR) is 89.0 cm³/mol. The lowest BCUT2D eigenvalue weighted by molar-refractivity contribution is 0.0993. The number of fused-ring (bicyclic) bond motifs is 1. The first kappa shape index (κ1) is 13.8. The number of ketones is 1. The van der Waals surface area contributed by atoms with Crippen molar-refractivity contribution >= 4 is 54.7 Å². The van der Waals surface area contributed by atoms with Gasteiger partial charge in [-0.05, 0) is 50.5 Å². The molecule has 1 aromatic heterocycles. The van der Waals surface area contributed by atoms with Crippen molar-refractivity contribution in [1.29, 1.82) is 0 Å². The molecular formula is C16H10BrClOS. The van der Waals surface area contributed by atoms with Crippen LogP contribution in [-0.4, -0.2) is 5.78 Å². The van der Waals surface area contributed by atoms with Crippen LogP contribution in [0.15, 0.2) is 52.3 Å². The highest BCUT2D eigenvalue weighted by Crippen LogP contribution is 2.28. The molecule has 0 radical (unpaired) electrons. The van der Waals surface area contributed by atoms with E-state index in [1.807, 2.05) is 12.1 Å². The van der Waals surface area contributed by atoms with Crippen molar-refractivity contribution in [3.8, 4) is 0 Å². The van der Waals surface area contributed by atoms with Crippen molar-refractivity contribution in [2.24, 2.45) is 0 Å². The van der Waals surface area contributed by atoms with Gasteiger partial charge in [-0.15, -0.1) is 11.3 Å². The van der Waals surface area contributed by atoms with E-state index in [0.29, 0.717) is 17.0 Å². The van der Waals surface area contributed by atoms with Crippen LogP contribution >= 0.6 is 38.9 Å².